The van der Waals surface area contributed by atoms with Crippen molar-refractivity contribution in [2.24, 2.45) is 22.9 Å². The van der Waals surface area contributed by atoms with Gasteiger partial charge in [0.25, 0.3) is 0 Å². The van der Waals surface area contributed by atoms with Crippen molar-refractivity contribution < 1.29 is 42.5 Å². The molecule has 6 rings (SSSR count). The highest BCUT2D eigenvalue weighted by Crippen LogP contribution is 2.62. The normalized spacial score (nSPS) is 24.3. The number of hydrogen-bond acceptors (Lipinski definition) is 11. The molecule has 1 saturated carbocycles. The highest BCUT2D eigenvalue weighted by atomic mass is 32.2. The number of likely N-dealkylation sites (N-methyl/N-ethyl adjacent to an activating group) is 1. The standard InChI is InChI=1S/C44H56N4O9S/c1-6-24-56-44-41(48(4)58(52,53)35-19-16-32(17-20-35)46-30(3)51)27-39(47-54-5)37-25-31(13-7-9-22-49)36(15-8-10-23-50)42(43(37)44)38-26-34(18-21-40(38)57-44)55-28-33-14-11-12-29(2)45-33/h6,11-12,14,16-21,25-26,31,36,41-43,49-50H,1,7-10,13,15,22-24,27-28H2,2-5H3,(H,46,51). The van der Waals surface area contributed by atoms with Gasteiger partial charge in [0.2, 0.25) is 21.7 Å². The van der Waals surface area contributed by atoms with Crippen LogP contribution in [0.4, 0.5) is 5.69 Å². The number of ether oxygens (including phenoxy) is 3. The van der Waals surface area contributed by atoms with Crippen LogP contribution in [0.5, 0.6) is 11.5 Å². The summed E-state index contributed by atoms with van der Waals surface area (Å²) in [6, 6.07) is 16.7. The number of benzene rings is 2. The Bertz CT molecular complexity index is 2090. The summed E-state index contributed by atoms with van der Waals surface area (Å²) < 4.78 is 51.0. The number of aliphatic hydroxyl groups excluding tert-OH is 2. The first-order valence-electron chi connectivity index (χ1n) is 20.0. The molecule has 1 aromatic heterocycles. The molecule has 2 aliphatic carbocycles. The van der Waals surface area contributed by atoms with E-state index in [9.17, 15) is 23.4 Å². The van der Waals surface area contributed by atoms with Gasteiger partial charge in [0.15, 0.2) is 0 Å². The van der Waals surface area contributed by atoms with E-state index >= 15 is 0 Å². The Hall–Kier alpha value is -4.60. The lowest BCUT2D eigenvalue weighted by atomic mass is 9.55. The number of aryl methyl sites for hydroxylation is 1. The fourth-order valence-electron chi connectivity index (χ4n) is 8.99. The summed E-state index contributed by atoms with van der Waals surface area (Å²) in [7, 11) is -1.19. The van der Waals surface area contributed by atoms with Gasteiger partial charge in [-0.3, -0.25) is 9.78 Å². The van der Waals surface area contributed by atoms with E-state index in [0.29, 0.717) is 35.7 Å². The van der Waals surface area contributed by atoms with Crippen LogP contribution in [-0.2, 0) is 31.0 Å². The van der Waals surface area contributed by atoms with E-state index in [1.165, 1.54) is 37.5 Å². The Morgan fingerprint density at radius 3 is 2.50 bits per heavy atom. The molecule has 3 aliphatic rings. The van der Waals surface area contributed by atoms with Gasteiger partial charge in [0.05, 0.1) is 34.9 Å². The zero-order chi connectivity index (χ0) is 41.5. The van der Waals surface area contributed by atoms with Crippen LogP contribution in [-0.4, -0.2) is 85.3 Å². The van der Waals surface area contributed by atoms with E-state index in [1.54, 1.807) is 18.2 Å². The van der Waals surface area contributed by atoms with E-state index in [0.717, 1.165) is 48.2 Å². The molecule has 6 atom stereocenters. The molecule has 0 bridgehead atoms. The molecular weight excluding hydrogens is 761 g/mol. The molecule has 2 aromatic carbocycles. The number of carbonyl (C=O) groups is 1. The topological polar surface area (TPSA) is 169 Å². The van der Waals surface area contributed by atoms with Crippen LogP contribution in [0.25, 0.3) is 0 Å². The number of rotatable bonds is 19. The molecule has 2 heterocycles. The van der Waals surface area contributed by atoms with Crippen molar-refractivity contribution in [1.82, 2.24) is 9.29 Å². The Morgan fingerprint density at radius 1 is 1.09 bits per heavy atom. The van der Waals surface area contributed by atoms with Gasteiger partial charge in [-0.05, 0) is 105 Å². The number of allylic oxidation sites excluding steroid dienone is 1. The summed E-state index contributed by atoms with van der Waals surface area (Å²) in [5.74, 6) is -1.42. The number of anilines is 1. The maximum absolute atomic E-state index is 14.7. The van der Waals surface area contributed by atoms with Crippen molar-refractivity contribution in [3.05, 3.63) is 102 Å². The van der Waals surface area contributed by atoms with E-state index in [-0.39, 0.29) is 61.4 Å². The number of fused-ring (bicyclic) bond motifs is 2. The third-order valence-corrected chi connectivity index (χ3v) is 13.4. The van der Waals surface area contributed by atoms with Crippen LogP contribution in [0, 0.1) is 24.7 Å². The first kappa shape index (κ1) is 43.0. The summed E-state index contributed by atoms with van der Waals surface area (Å²) in [4.78, 5) is 21.8. The molecule has 1 amide bonds. The third kappa shape index (κ3) is 9.01. The molecule has 14 heteroatoms. The van der Waals surface area contributed by atoms with Crippen LogP contribution >= 0.6 is 0 Å². The molecular formula is C44H56N4O9S. The molecule has 0 saturated heterocycles. The lowest BCUT2D eigenvalue weighted by Crippen LogP contribution is -2.69. The lowest BCUT2D eigenvalue weighted by Gasteiger charge is -2.59. The number of aromatic nitrogens is 1. The summed E-state index contributed by atoms with van der Waals surface area (Å²) in [6.45, 7) is 7.76. The highest BCUT2D eigenvalue weighted by molar-refractivity contribution is 7.89. The van der Waals surface area contributed by atoms with Crippen LogP contribution in [0.1, 0.15) is 74.7 Å². The molecule has 13 nitrogen and oxygen atoms in total. The summed E-state index contributed by atoms with van der Waals surface area (Å²) >= 11 is 0. The Balaban J connectivity index is 1.53. The molecule has 1 fully saturated rings. The Labute approximate surface area is 341 Å². The van der Waals surface area contributed by atoms with Gasteiger partial charge >= 0.3 is 0 Å². The number of amides is 1. The predicted octanol–water partition coefficient (Wildman–Crippen LogP) is 6.51. The Kier molecular flexibility index (Phi) is 14.1. The minimum atomic E-state index is -4.20. The van der Waals surface area contributed by atoms with Crippen LogP contribution in [0.2, 0.25) is 0 Å². The monoisotopic (exact) mass is 816 g/mol. The molecule has 312 valence electrons. The highest BCUT2D eigenvalue weighted by Gasteiger charge is 2.65. The van der Waals surface area contributed by atoms with E-state index < -0.39 is 27.8 Å². The van der Waals surface area contributed by atoms with Gasteiger partial charge < -0.3 is 34.6 Å². The molecule has 3 N–H and O–H groups in total. The third-order valence-electron chi connectivity index (χ3n) is 11.5. The van der Waals surface area contributed by atoms with E-state index in [4.69, 9.17) is 19.0 Å². The second-order valence-corrected chi connectivity index (χ2v) is 17.2. The van der Waals surface area contributed by atoms with Crippen LogP contribution in [0.3, 0.4) is 0 Å². The average molecular weight is 817 g/mol. The molecule has 6 unspecified atom stereocenters. The summed E-state index contributed by atoms with van der Waals surface area (Å²) in [5.41, 5.74) is 4.52. The largest absolute Gasteiger partial charge is 0.487 e. The minimum absolute atomic E-state index is 0.00724. The molecule has 0 radical (unpaired) electrons. The lowest BCUT2D eigenvalue weighted by molar-refractivity contribution is -0.250. The van der Waals surface area contributed by atoms with Crippen molar-refractivity contribution in [3.8, 4) is 11.5 Å². The molecule has 1 aliphatic heterocycles. The number of carbonyl (C=O) groups excluding carboxylic acids is 1. The number of unbranched alkanes of at least 4 members (excludes halogenated alkanes) is 2. The fraction of sp³-hybridized carbons (Fsp3) is 0.477. The van der Waals surface area contributed by atoms with Crippen LogP contribution in [0.15, 0.2) is 95.0 Å². The quantitative estimate of drug-likeness (QED) is 0.0689. The number of pyridine rings is 1. The van der Waals surface area contributed by atoms with Crippen molar-refractivity contribution >= 4 is 27.3 Å². The first-order valence-corrected chi connectivity index (χ1v) is 21.4. The second-order valence-electron chi connectivity index (χ2n) is 15.2. The van der Waals surface area contributed by atoms with E-state index in [2.05, 4.69) is 28.1 Å². The summed E-state index contributed by atoms with van der Waals surface area (Å²) in [5, 5.41) is 26.9. The maximum Gasteiger partial charge on any atom is 0.243 e. The fourth-order valence-corrected chi connectivity index (χ4v) is 10.4. The summed E-state index contributed by atoms with van der Waals surface area (Å²) in [6.07, 6.45) is 8.40. The average Bonchev–Trinajstić information content (AvgIpc) is 3.20. The minimum Gasteiger partial charge on any atom is -0.487 e. The first-order chi connectivity index (χ1) is 28.0. The van der Waals surface area contributed by atoms with Crippen molar-refractivity contribution in [2.45, 2.75) is 88.0 Å². The number of aliphatic hydroxyl groups is 2. The second kappa shape index (κ2) is 19.0. The molecule has 0 spiro atoms. The van der Waals surface area contributed by atoms with Crippen LogP contribution < -0.4 is 14.8 Å². The van der Waals surface area contributed by atoms with Crippen molar-refractivity contribution in [1.29, 1.82) is 0 Å². The number of sulfonamides is 1. The predicted molar refractivity (Wildman–Crippen MR) is 221 cm³/mol. The van der Waals surface area contributed by atoms with Gasteiger partial charge in [0.1, 0.15) is 25.2 Å². The van der Waals surface area contributed by atoms with Gasteiger partial charge in [-0.2, -0.15) is 4.31 Å². The van der Waals surface area contributed by atoms with Gasteiger partial charge in [-0.15, -0.1) is 6.58 Å². The van der Waals surface area contributed by atoms with E-state index in [1.807, 2.05) is 43.3 Å². The number of nitrogens with zero attached hydrogens (tertiary/aromatic N) is 3. The number of nitrogens with one attached hydrogen (secondary N) is 1. The Morgan fingerprint density at radius 2 is 1.83 bits per heavy atom. The SMILES string of the molecule is C=CCOC12Oc3ccc(OCc4cccc(C)n4)cc3C3C(CCCCO)C(CCCCO)C=C(C(=NOC)CC1N(C)S(=O)(=O)c1ccc(NC(C)=O)cc1)C32. The molecule has 58 heavy (non-hydrogen) atoms. The van der Waals surface area contributed by atoms with Gasteiger partial charge in [-0.25, -0.2) is 8.42 Å². The van der Waals surface area contributed by atoms with Crippen molar-refractivity contribution in [2.75, 3.05) is 39.3 Å². The zero-order valence-corrected chi connectivity index (χ0v) is 34.6. The number of hydrogen-bond donors (Lipinski definition) is 3. The van der Waals surface area contributed by atoms with Gasteiger partial charge in [-0.1, -0.05) is 36.2 Å². The van der Waals surface area contributed by atoms with Crippen molar-refractivity contribution in [3.63, 3.8) is 0 Å². The van der Waals surface area contributed by atoms with Gasteiger partial charge in [0, 0.05) is 56.5 Å². The zero-order valence-electron chi connectivity index (χ0n) is 33.8. The number of oxime groups is 1. The molecule has 3 aromatic rings. The smallest absolute Gasteiger partial charge is 0.243 e. The maximum atomic E-state index is 14.7.